The van der Waals surface area contributed by atoms with E-state index in [1.165, 1.54) is 24.5 Å². The highest BCUT2D eigenvalue weighted by Gasteiger charge is 2.46. The molecule has 1 fully saturated rings. The zero-order valence-electron chi connectivity index (χ0n) is 39.0. The Morgan fingerprint density at radius 2 is 1.53 bits per heavy atom. The number of imide groups is 2. The van der Waals surface area contributed by atoms with Crippen LogP contribution in [0.1, 0.15) is 57.7 Å². The maximum atomic E-state index is 13.6. The summed E-state index contributed by atoms with van der Waals surface area (Å²) in [5.74, 6) is -0.347. The Hall–Kier alpha value is -7.13. The lowest BCUT2D eigenvalue weighted by atomic mass is 10.0. The number of benzene rings is 4. The van der Waals surface area contributed by atoms with Crippen LogP contribution in [-0.2, 0) is 51.3 Å². The molecule has 18 nitrogen and oxygen atoms in total. The predicted octanol–water partition coefficient (Wildman–Crippen LogP) is 7.42. The average Bonchev–Trinajstić information content (AvgIpc) is 3.95. The van der Waals surface area contributed by atoms with E-state index in [0.717, 1.165) is 21.4 Å². The molecule has 1 unspecified atom stereocenters. The van der Waals surface area contributed by atoms with Gasteiger partial charge in [-0.2, -0.15) is 0 Å². The lowest BCUT2D eigenvalue weighted by Crippen LogP contribution is -2.54. The third-order valence-corrected chi connectivity index (χ3v) is 11.6. The molecule has 376 valence electrons. The van der Waals surface area contributed by atoms with Crippen LogP contribution in [-0.4, -0.2) is 116 Å². The fourth-order valence-corrected chi connectivity index (χ4v) is 8.04. The van der Waals surface area contributed by atoms with Gasteiger partial charge in [-0.05, 0) is 91.2 Å². The summed E-state index contributed by atoms with van der Waals surface area (Å²) in [7, 11) is 0. The molecular weight excluding hydrogens is 957 g/mol. The molecule has 2 N–H and O–H groups in total. The second-order valence-electron chi connectivity index (χ2n) is 16.5. The largest absolute Gasteiger partial charge is 0.493 e. The van der Waals surface area contributed by atoms with Gasteiger partial charge in [0.15, 0.2) is 5.78 Å². The van der Waals surface area contributed by atoms with E-state index in [1.54, 1.807) is 36.4 Å². The van der Waals surface area contributed by atoms with Crippen LogP contribution < -0.4 is 20.1 Å². The van der Waals surface area contributed by atoms with Gasteiger partial charge in [-0.25, -0.2) is 14.4 Å². The van der Waals surface area contributed by atoms with Crippen molar-refractivity contribution in [3.05, 3.63) is 131 Å². The number of carbonyl (C=O) groups is 5. The Morgan fingerprint density at radius 3 is 2.29 bits per heavy atom. The SMILES string of the molecule is O=C(CCCOc1cccc2c1C(=O)N(C1CCC(=O)NC1=O)C2=O)COCCOCCOCCOCCOCc1ccc(-c2ccc3ncnc(Nc4ccc(OCc5cccc(F)c5)c(Cl)c4)c3c2)o1. The van der Waals surface area contributed by atoms with Crippen molar-refractivity contribution in [2.24, 2.45) is 0 Å². The average molecular weight is 1010 g/mol. The zero-order valence-corrected chi connectivity index (χ0v) is 39.8. The molecule has 1 atom stereocenters. The van der Waals surface area contributed by atoms with E-state index in [2.05, 4.69) is 20.6 Å². The number of Topliss-reactive ketones (excluding diaryl/α,β-unsaturated/α-hetero) is 1. The van der Waals surface area contributed by atoms with Crippen molar-refractivity contribution in [3.63, 3.8) is 0 Å². The van der Waals surface area contributed by atoms with Gasteiger partial charge in [0.2, 0.25) is 11.8 Å². The molecule has 4 aromatic carbocycles. The van der Waals surface area contributed by atoms with Crippen LogP contribution in [0.25, 0.3) is 22.2 Å². The summed E-state index contributed by atoms with van der Waals surface area (Å²) in [5, 5.41) is 6.65. The second kappa shape index (κ2) is 25.3. The highest BCUT2D eigenvalue weighted by Crippen LogP contribution is 2.35. The molecule has 0 aliphatic carbocycles. The summed E-state index contributed by atoms with van der Waals surface area (Å²) in [5.41, 5.74) is 3.13. The molecule has 0 bridgehead atoms. The van der Waals surface area contributed by atoms with Crippen LogP contribution in [0.3, 0.4) is 0 Å². The molecule has 72 heavy (non-hydrogen) atoms. The predicted molar refractivity (Wildman–Crippen MR) is 258 cm³/mol. The van der Waals surface area contributed by atoms with Crippen LogP contribution in [0.5, 0.6) is 11.5 Å². The van der Waals surface area contributed by atoms with Crippen LogP contribution in [0.2, 0.25) is 5.02 Å². The van der Waals surface area contributed by atoms with E-state index in [0.29, 0.717) is 85.4 Å². The number of piperidine rings is 1. The lowest BCUT2D eigenvalue weighted by Gasteiger charge is -2.27. The number of anilines is 2. The highest BCUT2D eigenvalue weighted by atomic mass is 35.5. The van der Waals surface area contributed by atoms with Gasteiger partial charge in [-0.1, -0.05) is 29.8 Å². The number of nitrogens with one attached hydrogen (secondary N) is 2. The molecule has 20 heteroatoms. The fraction of sp³-hybridized carbons (Fsp3) is 0.327. The van der Waals surface area contributed by atoms with Crippen molar-refractivity contribution in [1.82, 2.24) is 20.2 Å². The van der Waals surface area contributed by atoms with Gasteiger partial charge in [0.1, 0.15) is 66.8 Å². The zero-order chi connectivity index (χ0) is 50.2. The summed E-state index contributed by atoms with van der Waals surface area (Å²) >= 11 is 6.54. The first-order valence-corrected chi connectivity index (χ1v) is 23.6. The summed E-state index contributed by atoms with van der Waals surface area (Å²) in [4.78, 5) is 72.2. The minimum absolute atomic E-state index is 0.0233. The number of nitrogens with zero attached hydrogens (tertiary/aromatic N) is 3. The van der Waals surface area contributed by atoms with Gasteiger partial charge in [0.25, 0.3) is 11.8 Å². The smallest absolute Gasteiger partial charge is 0.266 e. The Balaban J connectivity index is 0.638. The Labute approximate surface area is 418 Å². The van der Waals surface area contributed by atoms with Crippen molar-refractivity contribution in [3.8, 4) is 22.8 Å². The maximum Gasteiger partial charge on any atom is 0.266 e. The van der Waals surface area contributed by atoms with Gasteiger partial charge >= 0.3 is 0 Å². The number of carbonyl (C=O) groups excluding carboxylic acids is 5. The minimum Gasteiger partial charge on any atom is -0.493 e. The maximum absolute atomic E-state index is 13.6. The molecule has 4 heterocycles. The van der Waals surface area contributed by atoms with Crippen LogP contribution in [0, 0.1) is 5.82 Å². The lowest BCUT2D eigenvalue weighted by molar-refractivity contribution is -0.136. The Bertz CT molecular complexity index is 2900. The van der Waals surface area contributed by atoms with Gasteiger partial charge in [0, 0.05) is 29.5 Å². The molecule has 0 spiro atoms. The normalized spacial score (nSPS) is 14.5. The third-order valence-electron chi connectivity index (χ3n) is 11.3. The topological polar surface area (TPSA) is 216 Å². The number of aromatic nitrogens is 2. The highest BCUT2D eigenvalue weighted by molar-refractivity contribution is 6.32. The molecule has 4 amide bonds. The molecule has 2 aliphatic rings. The Morgan fingerprint density at radius 1 is 0.764 bits per heavy atom. The second-order valence-corrected chi connectivity index (χ2v) is 16.9. The van der Waals surface area contributed by atoms with Crippen molar-refractivity contribution < 1.29 is 65.9 Å². The quantitative estimate of drug-likeness (QED) is 0.0361. The van der Waals surface area contributed by atoms with Crippen molar-refractivity contribution in [2.45, 2.75) is 44.9 Å². The summed E-state index contributed by atoms with van der Waals surface area (Å²) in [6.45, 7) is 3.17. The number of amides is 4. The van der Waals surface area contributed by atoms with Crippen molar-refractivity contribution in [1.29, 1.82) is 0 Å². The van der Waals surface area contributed by atoms with Gasteiger partial charge in [0.05, 0.1) is 81.1 Å². The molecule has 8 rings (SSSR count). The number of rotatable bonds is 28. The molecule has 1 saturated heterocycles. The van der Waals surface area contributed by atoms with E-state index in [9.17, 15) is 28.4 Å². The number of ketones is 1. The number of furan rings is 1. The molecule has 0 saturated carbocycles. The first kappa shape index (κ1) is 51.2. The minimum atomic E-state index is -1.07. The van der Waals surface area contributed by atoms with Crippen molar-refractivity contribution in [2.75, 3.05) is 71.4 Å². The standard InChI is InChI=1S/C52H51ClFN5O13/c53-41-28-36(10-14-45(41)71-29-33-4-1-5-35(54)26-33)57-49-40-27-34(9-12-42(40)55-32-56-49)44-15-11-38(72-44)31-69-25-23-67-21-19-65-18-20-66-22-24-68-30-37(60)6-3-17-70-46-8-2-7-39-48(46)52(64)59(51(39)63)43-13-16-47(61)58-50(43)62/h1-2,4-5,7-12,14-15,26-28,32,43H,3,6,13,16-25,29-31H2,(H,55,56,57)(H,58,61,62). The number of ether oxygens (including phenoxy) is 7. The third kappa shape index (κ3) is 13.6. The fourth-order valence-electron chi connectivity index (χ4n) is 7.80. The first-order chi connectivity index (χ1) is 35.1. The first-order valence-electron chi connectivity index (χ1n) is 23.3. The number of hydrogen-bond donors (Lipinski definition) is 2. The Kier molecular flexibility index (Phi) is 18.0. The molecule has 2 aliphatic heterocycles. The van der Waals surface area contributed by atoms with Crippen molar-refractivity contribution >= 4 is 63.4 Å². The van der Waals surface area contributed by atoms with Gasteiger partial charge < -0.3 is 42.9 Å². The van der Waals surface area contributed by atoms with Gasteiger partial charge in [-0.3, -0.25) is 34.2 Å². The van der Waals surface area contributed by atoms with E-state index < -0.39 is 29.7 Å². The summed E-state index contributed by atoms with van der Waals surface area (Å²) < 4.78 is 59.1. The van der Waals surface area contributed by atoms with E-state index in [4.69, 9.17) is 49.2 Å². The van der Waals surface area contributed by atoms with Crippen LogP contribution >= 0.6 is 11.6 Å². The van der Waals surface area contributed by atoms with E-state index in [-0.39, 0.29) is 87.4 Å². The van der Waals surface area contributed by atoms with E-state index in [1.807, 2.05) is 36.4 Å². The molecular formula is C52H51ClFN5O13. The monoisotopic (exact) mass is 1010 g/mol. The molecule has 0 radical (unpaired) electrons. The van der Waals surface area contributed by atoms with Crippen LogP contribution in [0.4, 0.5) is 15.9 Å². The number of halogens is 2. The molecule has 6 aromatic rings. The summed E-state index contributed by atoms with van der Waals surface area (Å²) in [6, 6.07) is 24.6. The molecule has 2 aromatic heterocycles. The summed E-state index contributed by atoms with van der Waals surface area (Å²) in [6.07, 6.45) is 2.09. The van der Waals surface area contributed by atoms with Crippen LogP contribution in [0.15, 0.2) is 102 Å². The van der Waals surface area contributed by atoms with E-state index >= 15 is 0 Å². The number of hydrogen-bond acceptors (Lipinski definition) is 16. The van der Waals surface area contributed by atoms with Gasteiger partial charge in [-0.15, -0.1) is 0 Å². The number of fused-ring (bicyclic) bond motifs is 2.